The van der Waals surface area contributed by atoms with Gasteiger partial charge in [-0.3, -0.25) is 19.1 Å². The van der Waals surface area contributed by atoms with Crippen molar-refractivity contribution in [2.24, 2.45) is 0 Å². The van der Waals surface area contributed by atoms with Gasteiger partial charge in [0.25, 0.3) is 5.56 Å². The zero-order valence-electron chi connectivity index (χ0n) is 10.9. The average molecular weight is 284 g/mol. The van der Waals surface area contributed by atoms with E-state index in [0.717, 1.165) is 4.57 Å². The Morgan fingerprint density at radius 3 is 2.95 bits per heavy atom. The molecule has 0 bridgehead atoms. The van der Waals surface area contributed by atoms with Crippen LogP contribution in [-0.2, 0) is 14.3 Å². The van der Waals surface area contributed by atoms with Gasteiger partial charge >= 0.3 is 11.7 Å². The van der Waals surface area contributed by atoms with Crippen molar-refractivity contribution in [2.45, 2.75) is 20.1 Å². The molecule has 2 heterocycles. The van der Waals surface area contributed by atoms with Gasteiger partial charge < -0.3 is 9.47 Å². The van der Waals surface area contributed by atoms with E-state index in [-0.39, 0.29) is 24.4 Å². The molecule has 0 fully saturated rings. The first-order chi connectivity index (χ1) is 9.40. The maximum absolute atomic E-state index is 14.1. The molecule has 1 atom stereocenters. The number of halogens is 1. The third-order valence-corrected chi connectivity index (χ3v) is 2.82. The standard InChI is InChI=1S/C12H13FN2O5/c1-6-3-15(12(18)14-10(6)17)11-9(13)8(5-20-11)4-19-7(2)16/h3,11H,4-5H2,1-2H3,(H,14,17,18)/t11-/m1/s1. The summed E-state index contributed by atoms with van der Waals surface area (Å²) in [6.07, 6.45) is -0.0243. The Labute approximate surface area is 112 Å². The van der Waals surface area contributed by atoms with Gasteiger partial charge in [-0.05, 0) is 6.92 Å². The van der Waals surface area contributed by atoms with Crippen LogP contribution in [0, 0.1) is 6.92 Å². The molecule has 0 unspecified atom stereocenters. The van der Waals surface area contributed by atoms with Crippen molar-refractivity contribution >= 4 is 5.97 Å². The molecule has 0 aromatic carbocycles. The molecule has 1 aromatic heterocycles. The molecule has 20 heavy (non-hydrogen) atoms. The summed E-state index contributed by atoms with van der Waals surface area (Å²) in [7, 11) is 0. The minimum Gasteiger partial charge on any atom is -0.461 e. The van der Waals surface area contributed by atoms with Crippen molar-refractivity contribution < 1.29 is 18.7 Å². The fraction of sp³-hybridized carbons (Fsp3) is 0.417. The lowest BCUT2D eigenvalue weighted by molar-refractivity contribution is -0.140. The molecule has 0 radical (unpaired) electrons. The SMILES string of the molecule is CC(=O)OCC1=C(F)[C@H](n2cc(C)c(=O)[nH]c2=O)OC1. The first-order valence-electron chi connectivity index (χ1n) is 5.84. The molecule has 0 saturated heterocycles. The van der Waals surface area contributed by atoms with Crippen LogP contribution in [-0.4, -0.2) is 28.7 Å². The molecule has 8 heteroatoms. The molecular formula is C12H13FN2O5. The summed E-state index contributed by atoms with van der Waals surface area (Å²) < 4.78 is 24.9. The van der Waals surface area contributed by atoms with Gasteiger partial charge in [-0.1, -0.05) is 0 Å². The molecule has 0 aliphatic carbocycles. The van der Waals surface area contributed by atoms with Crippen LogP contribution in [0.25, 0.3) is 0 Å². The minimum absolute atomic E-state index is 0.0889. The normalized spacial score (nSPS) is 18.4. The van der Waals surface area contributed by atoms with Crippen LogP contribution < -0.4 is 11.2 Å². The van der Waals surface area contributed by atoms with Crippen molar-refractivity contribution in [2.75, 3.05) is 13.2 Å². The van der Waals surface area contributed by atoms with Gasteiger partial charge in [0.15, 0.2) is 12.1 Å². The molecule has 1 aromatic rings. The third-order valence-electron chi connectivity index (χ3n) is 2.82. The Balaban J connectivity index is 2.31. The monoisotopic (exact) mass is 284 g/mol. The lowest BCUT2D eigenvalue weighted by Crippen LogP contribution is -2.33. The van der Waals surface area contributed by atoms with Crippen LogP contribution in [0.5, 0.6) is 0 Å². The van der Waals surface area contributed by atoms with Gasteiger partial charge in [0.05, 0.1) is 6.61 Å². The zero-order valence-corrected chi connectivity index (χ0v) is 10.9. The fourth-order valence-electron chi connectivity index (χ4n) is 1.76. The number of aromatic nitrogens is 2. The number of nitrogens with one attached hydrogen (secondary N) is 1. The second-order valence-corrected chi connectivity index (χ2v) is 4.37. The van der Waals surface area contributed by atoms with Gasteiger partial charge in [0, 0.05) is 24.3 Å². The number of nitrogens with zero attached hydrogens (tertiary/aromatic N) is 1. The number of carbonyl (C=O) groups excluding carboxylic acids is 1. The highest BCUT2D eigenvalue weighted by Gasteiger charge is 2.30. The van der Waals surface area contributed by atoms with Crippen LogP contribution in [0.15, 0.2) is 27.2 Å². The molecular weight excluding hydrogens is 271 g/mol. The van der Waals surface area contributed by atoms with Crippen molar-refractivity contribution in [1.82, 2.24) is 9.55 Å². The predicted molar refractivity (Wildman–Crippen MR) is 65.8 cm³/mol. The second kappa shape index (κ2) is 5.41. The molecule has 7 nitrogen and oxygen atoms in total. The van der Waals surface area contributed by atoms with E-state index < -0.39 is 29.3 Å². The van der Waals surface area contributed by atoms with Crippen LogP contribution in [0.3, 0.4) is 0 Å². The number of carbonyl (C=O) groups is 1. The van der Waals surface area contributed by atoms with E-state index in [1.165, 1.54) is 20.0 Å². The Hall–Kier alpha value is -2.22. The fourth-order valence-corrected chi connectivity index (χ4v) is 1.76. The highest BCUT2D eigenvalue weighted by molar-refractivity contribution is 5.66. The van der Waals surface area contributed by atoms with Gasteiger partial charge in [0.1, 0.15) is 6.61 Å². The Kier molecular flexibility index (Phi) is 3.84. The molecule has 2 rings (SSSR count). The van der Waals surface area contributed by atoms with Crippen molar-refractivity contribution in [3.05, 3.63) is 44.0 Å². The van der Waals surface area contributed by atoms with Crippen LogP contribution in [0.4, 0.5) is 4.39 Å². The van der Waals surface area contributed by atoms with Crippen LogP contribution in [0.1, 0.15) is 18.7 Å². The number of H-pyrrole nitrogens is 1. The van der Waals surface area contributed by atoms with Gasteiger partial charge in [-0.2, -0.15) is 0 Å². The number of hydrogen-bond acceptors (Lipinski definition) is 5. The summed E-state index contributed by atoms with van der Waals surface area (Å²) >= 11 is 0. The molecule has 1 N–H and O–H groups in total. The first-order valence-corrected chi connectivity index (χ1v) is 5.84. The summed E-state index contributed by atoms with van der Waals surface area (Å²) in [4.78, 5) is 35.7. The topological polar surface area (TPSA) is 90.4 Å². The van der Waals surface area contributed by atoms with E-state index in [1.54, 1.807) is 0 Å². The van der Waals surface area contributed by atoms with Crippen molar-refractivity contribution in [3.8, 4) is 0 Å². The average Bonchev–Trinajstić information content (AvgIpc) is 2.73. The quantitative estimate of drug-likeness (QED) is 0.798. The summed E-state index contributed by atoms with van der Waals surface area (Å²) in [6, 6.07) is 0. The van der Waals surface area contributed by atoms with E-state index in [9.17, 15) is 18.8 Å². The number of aryl methyl sites for hydroxylation is 1. The first kappa shape index (κ1) is 14.2. The molecule has 0 amide bonds. The number of ether oxygens (including phenoxy) is 2. The van der Waals surface area contributed by atoms with E-state index in [2.05, 4.69) is 4.98 Å². The van der Waals surface area contributed by atoms with Crippen LogP contribution in [0.2, 0.25) is 0 Å². The number of rotatable bonds is 3. The lowest BCUT2D eigenvalue weighted by Gasteiger charge is -2.12. The third kappa shape index (κ3) is 2.69. The number of esters is 1. The van der Waals surface area contributed by atoms with Crippen molar-refractivity contribution in [1.29, 1.82) is 0 Å². The Morgan fingerprint density at radius 1 is 1.60 bits per heavy atom. The van der Waals surface area contributed by atoms with Gasteiger partial charge in [-0.15, -0.1) is 0 Å². The second-order valence-electron chi connectivity index (χ2n) is 4.37. The van der Waals surface area contributed by atoms with Gasteiger partial charge in [-0.25, -0.2) is 9.18 Å². The highest BCUT2D eigenvalue weighted by Crippen LogP contribution is 2.29. The molecule has 1 aliphatic rings. The minimum atomic E-state index is -1.25. The lowest BCUT2D eigenvalue weighted by atomic mass is 10.2. The molecule has 0 spiro atoms. The maximum atomic E-state index is 14.1. The zero-order chi connectivity index (χ0) is 14.9. The summed E-state index contributed by atoms with van der Waals surface area (Å²) in [5, 5.41) is 0. The molecule has 1 aliphatic heterocycles. The smallest absolute Gasteiger partial charge is 0.330 e. The van der Waals surface area contributed by atoms with Crippen LogP contribution >= 0.6 is 0 Å². The number of aromatic amines is 1. The van der Waals surface area contributed by atoms with Gasteiger partial charge in [0.2, 0.25) is 0 Å². The summed E-state index contributed by atoms with van der Waals surface area (Å²) in [5.41, 5.74) is -0.890. The highest BCUT2D eigenvalue weighted by atomic mass is 19.1. The van der Waals surface area contributed by atoms with Crippen molar-refractivity contribution in [3.63, 3.8) is 0 Å². The summed E-state index contributed by atoms with van der Waals surface area (Å²) in [6.45, 7) is 2.38. The van der Waals surface area contributed by atoms with E-state index >= 15 is 0 Å². The molecule has 0 saturated carbocycles. The largest absolute Gasteiger partial charge is 0.461 e. The Bertz CT molecular complexity index is 688. The van der Waals surface area contributed by atoms with E-state index in [1.807, 2.05) is 0 Å². The van der Waals surface area contributed by atoms with E-state index in [0.29, 0.717) is 0 Å². The Morgan fingerprint density at radius 2 is 2.30 bits per heavy atom. The molecule has 108 valence electrons. The predicted octanol–water partition coefficient (Wildman–Crippen LogP) is 0.161. The summed E-state index contributed by atoms with van der Waals surface area (Å²) in [5.74, 6) is -1.23. The van der Waals surface area contributed by atoms with E-state index in [4.69, 9.17) is 9.47 Å². The number of hydrogen-bond donors (Lipinski definition) is 1. The maximum Gasteiger partial charge on any atom is 0.330 e.